The number of fused-ring (bicyclic) bond motifs is 1. The van der Waals surface area contributed by atoms with Crippen molar-refractivity contribution in [2.24, 2.45) is 0 Å². The number of anilines is 3. The van der Waals surface area contributed by atoms with Crippen molar-refractivity contribution < 1.29 is 24.3 Å². The molecule has 0 aromatic heterocycles. The summed E-state index contributed by atoms with van der Waals surface area (Å²) in [6.07, 6.45) is 0.758. The van der Waals surface area contributed by atoms with Gasteiger partial charge in [-0.3, -0.25) is 19.3 Å². The summed E-state index contributed by atoms with van der Waals surface area (Å²) in [6, 6.07) is 21.1. The first kappa shape index (κ1) is 26.4. The number of likely N-dealkylation sites (N-methyl/N-ethyl adjacent to an activating group) is 1. The quantitative estimate of drug-likeness (QED) is 0.418. The molecule has 9 heteroatoms. The van der Waals surface area contributed by atoms with Crippen LogP contribution in [-0.2, 0) is 27.2 Å². The van der Waals surface area contributed by atoms with Gasteiger partial charge in [0, 0.05) is 37.6 Å². The fourth-order valence-corrected chi connectivity index (χ4v) is 4.49. The summed E-state index contributed by atoms with van der Waals surface area (Å²) in [4.78, 5) is 51.5. The van der Waals surface area contributed by atoms with E-state index < -0.39 is 12.0 Å². The smallest absolute Gasteiger partial charge is 0.326 e. The first-order valence-corrected chi connectivity index (χ1v) is 12.3. The molecule has 0 fully saturated rings. The van der Waals surface area contributed by atoms with Crippen molar-refractivity contribution in [1.29, 1.82) is 0 Å². The van der Waals surface area contributed by atoms with Gasteiger partial charge in [0.1, 0.15) is 0 Å². The van der Waals surface area contributed by atoms with Crippen LogP contribution in [0.25, 0.3) is 0 Å². The summed E-state index contributed by atoms with van der Waals surface area (Å²) in [6.45, 7) is 1.97. The lowest BCUT2D eigenvalue weighted by molar-refractivity contribution is -0.137. The van der Waals surface area contributed by atoms with Crippen LogP contribution in [0.5, 0.6) is 0 Å². The van der Waals surface area contributed by atoms with Crippen molar-refractivity contribution >= 4 is 40.9 Å². The minimum atomic E-state index is -1.02. The van der Waals surface area contributed by atoms with Gasteiger partial charge in [0.25, 0.3) is 0 Å². The summed E-state index contributed by atoms with van der Waals surface area (Å²) in [7, 11) is 1.67. The number of aliphatic carboxylic acids is 1. The van der Waals surface area contributed by atoms with Crippen LogP contribution in [0.15, 0.2) is 72.8 Å². The third-order valence-corrected chi connectivity index (χ3v) is 6.51. The molecular weight excluding hydrogens is 484 g/mol. The second-order valence-electron chi connectivity index (χ2n) is 9.23. The summed E-state index contributed by atoms with van der Waals surface area (Å²) < 4.78 is 0. The largest absolute Gasteiger partial charge is 0.481 e. The van der Waals surface area contributed by atoms with Crippen LogP contribution in [0.4, 0.5) is 21.9 Å². The summed E-state index contributed by atoms with van der Waals surface area (Å²) in [5, 5.41) is 14.7. The Morgan fingerprint density at radius 2 is 1.66 bits per heavy atom. The number of para-hydroxylation sites is 1. The van der Waals surface area contributed by atoms with Crippen LogP contribution in [0.3, 0.4) is 0 Å². The topological polar surface area (TPSA) is 119 Å². The van der Waals surface area contributed by atoms with Crippen molar-refractivity contribution in [3.63, 3.8) is 0 Å². The number of carbonyl (C=O) groups excluding carboxylic acids is 3. The van der Waals surface area contributed by atoms with Crippen LogP contribution in [-0.4, -0.2) is 42.5 Å². The zero-order valence-corrected chi connectivity index (χ0v) is 21.3. The molecule has 0 saturated heterocycles. The predicted octanol–water partition coefficient (Wildman–Crippen LogP) is 4.14. The number of urea groups is 1. The Hall–Kier alpha value is -4.66. The highest BCUT2D eigenvalue weighted by molar-refractivity contribution is 6.03. The summed E-state index contributed by atoms with van der Waals surface area (Å²) >= 11 is 0. The molecule has 1 unspecified atom stereocenters. The van der Waals surface area contributed by atoms with Gasteiger partial charge in [0.2, 0.25) is 11.8 Å². The van der Waals surface area contributed by atoms with Crippen molar-refractivity contribution in [1.82, 2.24) is 5.32 Å². The molecule has 0 aliphatic carbocycles. The van der Waals surface area contributed by atoms with Crippen molar-refractivity contribution in [2.75, 3.05) is 28.7 Å². The number of carbonyl (C=O) groups is 4. The fraction of sp³-hybridized carbons (Fsp3) is 0.241. The summed E-state index contributed by atoms with van der Waals surface area (Å²) in [5.41, 5.74) is 4.82. The molecule has 4 amide bonds. The van der Waals surface area contributed by atoms with Gasteiger partial charge in [-0.1, -0.05) is 42.5 Å². The second-order valence-corrected chi connectivity index (χ2v) is 9.23. The predicted molar refractivity (Wildman–Crippen MR) is 145 cm³/mol. The maximum absolute atomic E-state index is 12.9. The van der Waals surface area contributed by atoms with Gasteiger partial charge in [0.15, 0.2) is 0 Å². The molecule has 3 aromatic carbocycles. The number of nitrogens with zero attached hydrogens (tertiary/aromatic N) is 2. The first-order chi connectivity index (χ1) is 18.2. The van der Waals surface area contributed by atoms with Gasteiger partial charge >= 0.3 is 12.0 Å². The molecule has 0 spiro atoms. The normalized spacial score (nSPS) is 12.8. The van der Waals surface area contributed by atoms with E-state index in [1.165, 1.54) is 11.8 Å². The molecule has 38 heavy (non-hydrogen) atoms. The Morgan fingerprint density at radius 1 is 0.974 bits per heavy atom. The van der Waals surface area contributed by atoms with E-state index in [4.69, 9.17) is 5.11 Å². The van der Waals surface area contributed by atoms with Gasteiger partial charge in [-0.2, -0.15) is 0 Å². The number of carboxylic acid groups (broad SMARTS) is 1. The van der Waals surface area contributed by atoms with E-state index in [-0.39, 0.29) is 30.7 Å². The lowest BCUT2D eigenvalue weighted by atomic mass is 10.0. The SMILES string of the molecule is CC(=O)NC(CC(=O)O)c1ccc(N(C)C(=O)Cc2ccc(NC(=O)N3CCc4ccccc43)cc2)cc1. The molecule has 0 saturated carbocycles. The van der Waals surface area contributed by atoms with Crippen LogP contribution < -0.4 is 20.4 Å². The molecule has 4 rings (SSSR count). The molecule has 1 aliphatic rings. The van der Waals surface area contributed by atoms with Gasteiger partial charge < -0.3 is 20.6 Å². The molecule has 1 aliphatic heterocycles. The average Bonchev–Trinajstić information content (AvgIpc) is 3.33. The van der Waals surface area contributed by atoms with Crippen LogP contribution in [0.2, 0.25) is 0 Å². The standard InChI is InChI=1S/C29H30N4O5/c1-19(34)30-25(18-28(36)37)21-9-13-24(14-10-21)32(2)27(35)17-20-7-11-23(12-8-20)31-29(38)33-16-15-22-5-3-4-6-26(22)33/h3-14,25H,15-18H2,1-2H3,(H,30,34)(H,31,38)(H,36,37). The number of carboxylic acids is 1. The Morgan fingerprint density at radius 3 is 2.32 bits per heavy atom. The Labute approximate surface area is 221 Å². The lowest BCUT2D eigenvalue weighted by Gasteiger charge is -2.20. The third-order valence-electron chi connectivity index (χ3n) is 6.51. The molecule has 1 heterocycles. The zero-order valence-electron chi connectivity index (χ0n) is 21.3. The molecule has 196 valence electrons. The number of amides is 4. The van der Waals surface area contributed by atoms with E-state index in [0.29, 0.717) is 23.5 Å². The molecule has 0 bridgehead atoms. The fourth-order valence-electron chi connectivity index (χ4n) is 4.49. The highest BCUT2D eigenvalue weighted by atomic mass is 16.4. The lowest BCUT2D eigenvalue weighted by Crippen LogP contribution is -2.33. The Balaban J connectivity index is 1.34. The van der Waals surface area contributed by atoms with E-state index in [9.17, 15) is 19.2 Å². The van der Waals surface area contributed by atoms with E-state index >= 15 is 0 Å². The van der Waals surface area contributed by atoms with Gasteiger partial charge in [0.05, 0.1) is 18.9 Å². The average molecular weight is 515 g/mol. The van der Waals surface area contributed by atoms with Crippen molar-refractivity contribution in [3.05, 3.63) is 89.5 Å². The zero-order chi connectivity index (χ0) is 27.2. The Kier molecular flexibility index (Phi) is 8.06. The molecule has 3 aromatic rings. The molecule has 1 atom stereocenters. The highest BCUT2D eigenvalue weighted by Gasteiger charge is 2.24. The van der Waals surface area contributed by atoms with E-state index in [0.717, 1.165) is 23.2 Å². The number of nitrogens with one attached hydrogen (secondary N) is 2. The van der Waals surface area contributed by atoms with E-state index in [1.54, 1.807) is 48.3 Å². The minimum absolute atomic E-state index is 0.132. The molecule has 9 nitrogen and oxygen atoms in total. The maximum Gasteiger partial charge on any atom is 0.326 e. The van der Waals surface area contributed by atoms with E-state index in [2.05, 4.69) is 10.6 Å². The number of hydrogen-bond donors (Lipinski definition) is 3. The van der Waals surface area contributed by atoms with Gasteiger partial charge in [-0.25, -0.2) is 4.79 Å². The maximum atomic E-state index is 12.9. The minimum Gasteiger partial charge on any atom is -0.481 e. The Bertz CT molecular complexity index is 1320. The van der Waals surface area contributed by atoms with Crippen molar-refractivity contribution in [2.45, 2.75) is 32.2 Å². The third kappa shape index (κ3) is 6.36. The number of benzene rings is 3. The number of hydrogen-bond acceptors (Lipinski definition) is 4. The van der Waals surface area contributed by atoms with Crippen molar-refractivity contribution in [3.8, 4) is 0 Å². The molecule has 0 radical (unpaired) electrons. The number of rotatable bonds is 8. The van der Waals surface area contributed by atoms with Gasteiger partial charge in [-0.15, -0.1) is 0 Å². The molecule has 3 N–H and O–H groups in total. The second kappa shape index (κ2) is 11.6. The first-order valence-electron chi connectivity index (χ1n) is 12.3. The van der Waals surface area contributed by atoms with E-state index in [1.807, 2.05) is 36.4 Å². The molecular formula is C29H30N4O5. The van der Waals surface area contributed by atoms with Crippen LogP contribution in [0.1, 0.15) is 36.1 Å². The van der Waals surface area contributed by atoms with Crippen LogP contribution in [0, 0.1) is 0 Å². The highest BCUT2D eigenvalue weighted by Crippen LogP contribution is 2.28. The van der Waals surface area contributed by atoms with Gasteiger partial charge in [-0.05, 0) is 53.4 Å². The summed E-state index contributed by atoms with van der Waals surface area (Å²) in [5.74, 6) is -1.47. The monoisotopic (exact) mass is 514 g/mol. The van der Waals surface area contributed by atoms with Crippen LogP contribution >= 0.6 is 0 Å².